The van der Waals surface area contributed by atoms with Gasteiger partial charge in [0.1, 0.15) is 0 Å². The molecule has 5 nitrogen and oxygen atoms in total. The fraction of sp³-hybridized carbons (Fsp3) is 0.0870. The predicted molar refractivity (Wildman–Crippen MR) is 119 cm³/mol. The van der Waals surface area contributed by atoms with Crippen LogP contribution >= 0.6 is 11.3 Å². The molecule has 4 rings (SSSR count). The molecule has 0 spiro atoms. The highest BCUT2D eigenvalue weighted by molar-refractivity contribution is 7.15. The van der Waals surface area contributed by atoms with Gasteiger partial charge in [-0.3, -0.25) is 4.98 Å². The molecule has 0 saturated carbocycles. The molecule has 0 aliphatic heterocycles. The number of aryl methyl sites for hydroxylation is 2. The van der Waals surface area contributed by atoms with E-state index in [2.05, 4.69) is 20.6 Å². The summed E-state index contributed by atoms with van der Waals surface area (Å²) in [6, 6.07) is 15.5. The molecule has 30 heavy (non-hydrogen) atoms. The average molecular weight is 418 g/mol. The Morgan fingerprint density at radius 2 is 1.70 bits per heavy atom. The van der Waals surface area contributed by atoms with E-state index in [1.807, 2.05) is 38.1 Å². The third kappa shape index (κ3) is 4.21. The summed E-state index contributed by atoms with van der Waals surface area (Å²) in [5, 5.41) is 6.14. The lowest BCUT2D eigenvalue weighted by Gasteiger charge is -2.11. The van der Waals surface area contributed by atoms with Crippen molar-refractivity contribution in [3.63, 3.8) is 0 Å². The van der Waals surface area contributed by atoms with E-state index in [1.165, 1.54) is 17.4 Å². The highest BCUT2D eigenvalue weighted by Gasteiger charge is 2.19. The summed E-state index contributed by atoms with van der Waals surface area (Å²) in [5.74, 6) is -0.504. The molecule has 0 aliphatic rings. The van der Waals surface area contributed by atoms with Crippen LogP contribution in [0.5, 0.6) is 0 Å². The van der Waals surface area contributed by atoms with Gasteiger partial charge in [-0.05, 0) is 44.2 Å². The summed E-state index contributed by atoms with van der Waals surface area (Å²) in [5.41, 5.74) is 3.76. The van der Waals surface area contributed by atoms with Gasteiger partial charge < -0.3 is 10.6 Å². The van der Waals surface area contributed by atoms with Crippen LogP contribution in [0.3, 0.4) is 0 Å². The smallest absolute Gasteiger partial charge is 0.308 e. The van der Waals surface area contributed by atoms with Crippen LogP contribution in [0.25, 0.3) is 21.7 Å². The van der Waals surface area contributed by atoms with Crippen LogP contribution in [-0.2, 0) is 0 Å². The van der Waals surface area contributed by atoms with Gasteiger partial charge in [-0.25, -0.2) is 14.2 Å². The Kier molecular flexibility index (Phi) is 5.54. The molecular formula is C23H19FN4OS. The molecule has 2 aromatic heterocycles. The molecule has 0 saturated heterocycles. The third-order valence-corrected chi connectivity index (χ3v) is 5.49. The summed E-state index contributed by atoms with van der Waals surface area (Å²) < 4.78 is 15.3. The minimum atomic E-state index is -0.509. The van der Waals surface area contributed by atoms with Gasteiger partial charge in [-0.2, -0.15) is 0 Å². The van der Waals surface area contributed by atoms with Crippen LogP contribution in [-0.4, -0.2) is 16.0 Å². The van der Waals surface area contributed by atoms with Crippen LogP contribution in [0.4, 0.5) is 20.6 Å². The highest BCUT2D eigenvalue weighted by atomic mass is 32.1. The molecule has 4 aromatic rings. The van der Waals surface area contributed by atoms with Crippen LogP contribution < -0.4 is 10.6 Å². The molecule has 0 atom stereocenters. The van der Waals surface area contributed by atoms with E-state index in [0.29, 0.717) is 21.8 Å². The Morgan fingerprint density at radius 3 is 2.43 bits per heavy atom. The molecular weight excluding hydrogens is 399 g/mol. The summed E-state index contributed by atoms with van der Waals surface area (Å²) in [6.07, 6.45) is 3.36. The number of amides is 2. The van der Waals surface area contributed by atoms with Crippen molar-refractivity contribution in [3.05, 3.63) is 83.4 Å². The minimum absolute atomic E-state index is 0.101. The lowest BCUT2D eigenvalue weighted by atomic mass is 10.1. The van der Waals surface area contributed by atoms with Crippen molar-refractivity contribution in [3.8, 4) is 21.7 Å². The largest absolute Gasteiger partial charge is 0.323 e. The lowest BCUT2D eigenvalue weighted by Crippen LogP contribution is -2.20. The monoisotopic (exact) mass is 418 g/mol. The first kappa shape index (κ1) is 19.7. The van der Waals surface area contributed by atoms with Crippen molar-refractivity contribution in [2.24, 2.45) is 0 Å². The van der Waals surface area contributed by atoms with Gasteiger partial charge in [0.15, 0.2) is 5.82 Å². The molecule has 2 amide bonds. The number of nitrogens with one attached hydrogen (secondary N) is 2. The second-order valence-corrected chi connectivity index (χ2v) is 7.96. The average Bonchev–Trinajstić information content (AvgIpc) is 3.13. The van der Waals surface area contributed by atoms with Gasteiger partial charge in [0.2, 0.25) is 0 Å². The van der Waals surface area contributed by atoms with Crippen LogP contribution in [0.1, 0.15) is 10.6 Å². The second-order valence-electron chi connectivity index (χ2n) is 6.76. The van der Waals surface area contributed by atoms with E-state index in [9.17, 15) is 4.79 Å². The Morgan fingerprint density at radius 1 is 0.967 bits per heavy atom. The molecule has 7 heteroatoms. The summed E-state index contributed by atoms with van der Waals surface area (Å²) >= 11 is 1.41. The number of anilines is 2. The zero-order valence-electron chi connectivity index (χ0n) is 16.4. The van der Waals surface area contributed by atoms with Crippen molar-refractivity contribution in [1.82, 2.24) is 9.97 Å². The number of nitrogens with zero attached hydrogens (tertiary/aromatic N) is 2. The number of pyridine rings is 1. The summed E-state index contributed by atoms with van der Waals surface area (Å²) in [7, 11) is 0. The number of thiazole rings is 1. The Hall–Kier alpha value is -3.58. The van der Waals surface area contributed by atoms with Gasteiger partial charge in [-0.15, -0.1) is 11.3 Å². The number of hydrogen-bond donors (Lipinski definition) is 2. The van der Waals surface area contributed by atoms with Crippen molar-refractivity contribution in [1.29, 1.82) is 0 Å². The molecule has 150 valence electrons. The Balaban J connectivity index is 1.63. The molecule has 0 fully saturated rings. The zero-order valence-corrected chi connectivity index (χ0v) is 17.3. The Labute approximate surface area is 177 Å². The number of aromatic nitrogens is 2. The summed E-state index contributed by atoms with van der Waals surface area (Å²) in [6.45, 7) is 3.85. The van der Waals surface area contributed by atoms with Crippen LogP contribution in [0.15, 0.2) is 67.0 Å². The maximum atomic E-state index is 15.3. The molecule has 0 aliphatic carbocycles. The van der Waals surface area contributed by atoms with E-state index in [4.69, 9.17) is 0 Å². The molecule has 0 unspecified atom stereocenters. The number of urea groups is 1. The molecule has 0 radical (unpaired) electrons. The van der Waals surface area contributed by atoms with Gasteiger partial charge in [0, 0.05) is 29.2 Å². The number of hydrogen-bond acceptors (Lipinski definition) is 4. The number of halogens is 1. The number of benzene rings is 2. The number of carbonyl (C=O) groups excluding carboxylic acids is 1. The minimum Gasteiger partial charge on any atom is -0.308 e. The van der Waals surface area contributed by atoms with Gasteiger partial charge in [0.25, 0.3) is 0 Å². The second kappa shape index (κ2) is 8.42. The highest BCUT2D eigenvalue weighted by Crippen LogP contribution is 2.39. The first-order valence-electron chi connectivity index (χ1n) is 9.32. The summed E-state index contributed by atoms with van der Waals surface area (Å²) in [4.78, 5) is 21.7. The van der Waals surface area contributed by atoms with E-state index < -0.39 is 11.8 Å². The predicted octanol–water partition coefficient (Wildman–Crippen LogP) is 6.27. The fourth-order valence-electron chi connectivity index (χ4n) is 3.04. The fourth-order valence-corrected chi connectivity index (χ4v) is 4.00. The topological polar surface area (TPSA) is 66.9 Å². The van der Waals surface area contributed by atoms with Crippen molar-refractivity contribution >= 4 is 28.7 Å². The Bertz CT molecular complexity index is 1190. The van der Waals surface area contributed by atoms with E-state index >= 15 is 4.39 Å². The quantitative estimate of drug-likeness (QED) is 0.410. The molecule has 2 heterocycles. The van der Waals surface area contributed by atoms with Gasteiger partial charge >= 0.3 is 6.03 Å². The van der Waals surface area contributed by atoms with E-state index in [-0.39, 0.29) is 5.69 Å². The van der Waals surface area contributed by atoms with Gasteiger partial charge in [-0.1, -0.05) is 29.8 Å². The number of rotatable bonds is 4. The first-order chi connectivity index (χ1) is 14.5. The van der Waals surface area contributed by atoms with Gasteiger partial charge in [0.05, 0.1) is 21.3 Å². The molecule has 2 N–H and O–H groups in total. The molecule has 2 aromatic carbocycles. The lowest BCUT2D eigenvalue weighted by molar-refractivity contribution is 0.262. The normalized spacial score (nSPS) is 10.6. The van der Waals surface area contributed by atoms with Crippen molar-refractivity contribution in [2.45, 2.75) is 13.8 Å². The zero-order chi connectivity index (χ0) is 21.1. The van der Waals surface area contributed by atoms with Crippen LogP contribution in [0.2, 0.25) is 0 Å². The van der Waals surface area contributed by atoms with E-state index in [1.54, 1.807) is 36.7 Å². The maximum Gasteiger partial charge on any atom is 0.323 e. The third-order valence-electron chi connectivity index (χ3n) is 4.49. The maximum absolute atomic E-state index is 15.3. The van der Waals surface area contributed by atoms with E-state index in [0.717, 1.165) is 16.1 Å². The van der Waals surface area contributed by atoms with Crippen molar-refractivity contribution in [2.75, 3.05) is 10.6 Å². The standard InChI is InChI=1S/C23H19FN4OS/c1-14-6-8-17(9-7-14)27-23(29)28-19-5-3-4-18(20(19)24)22-21(26-15(2)30-22)16-10-12-25-13-11-16/h3-13H,1-2H3,(H2,27,28,29). The van der Waals surface area contributed by atoms with Crippen molar-refractivity contribution < 1.29 is 9.18 Å². The van der Waals surface area contributed by atoms with Crippen LogP contribution in [0, 0.1) is 19.7 Å². The first-order valence-corrected chi connectivity index (χ1v) is 10.1. The SMILES string of the molecule is Cc1ccc(NC(=O)Nc2cccc(-c3sc(C)nc3-c3ccncc3)c2F)cc1. The molecule has 0 bridgehead atoms. The number of carbonyl (C=O) groups is 1.